The van der Waals surface area contributed by atoms with Crippen molar-refractivity contribution in [3.05, 3.63) is 0 Å². The van der Waals surface area contributed by atoms with Gasteiger partial charge in [-0.05, 0) is 104 Å². The molecule has 4 fully saturated rings. The first-order chi connectivity index (χ1) is 16.7. The highest BCUT2D eigenvalue weighted by atomic mass is 32.3. The summed E-state index contributed by atoms with van der Waals surface area (Å²) in [6, 6.07) is 0. The van der Waals surface area contributed by atoms with Gasteiger partial charge < -0.3 is 4.74 Å². The molecule has 4 saturated carbocycles. The zero-order valence-electron chi connectivity index (χ0n) is 23.4. The Morgan fingerprint density at radius 2 is 1.67 bits per heavy atom. The van der Waals surface area contributed by atoms with Gasteiger partial charge in [-0.25, -0.2) is 4.18 Å². The van der Waals surface area contributed by atoms with Crippen LogP contribution in [-0.4, -0.2) is 31.1 Å². The van der Waals surface area contributed by atoms with Gasteiger partial charge in [0.2, 0.25) is 0 Å². The maximum Gasteiger partial charge on any atom is 0.397 e. The third-order valence-corrected chi connectivity index (χ3v) is 11.9. The molecule has 0 aromatic rings. The normalized spacial score (nSPS) is 43.4. The predicted molar refractivity (Wildman–Crippen MR) is 140 cm³/mol. The van der Waals surface area contributed by atoms with Crippen molar-refractivity contribution < 1.29 is 26.7 Å². The largest absolute Gasteiger partial charge is 0.460 e. The van der Waals surface area contributed by atoms with Gasteiger partial charge >= 0.3 is 16.4 Å². The maximum atomic E-state index is 11.9. The molecule has 0 aromatic carbocycles. The standard InChI is InChI=1S/C29H50O6S/c1-18(2)8-7-9-19(3)23-12-13-24-22-11-10-21-16-26(35-36(31,32)33)27(34-20(4)30)17-29(21,6)25(22)14-15-28(23,24)5/h18-19,21-27H,7-17H2,1-6H3,(H,31,32,33)/t19-,21+,22?,23-,24?,25?,26+,27+,28-,29+/m1/s1. The molecule has 0 aliphatic heterocycles. The van der Waals surface area contributed by atoms with E-state index in [1.165, 1.54) is 58.3 Å². The van der Waals surface area contributed by atoms with E-state index >= 15 is 0 Å². The van der Waals surface area contributed by atoms with Gasteiger partial charge in [-0.3, -0.25) is 9.35 Å². The molecule has 0 aromatic heterocycles. The van der Waals surface area contributed by atoms with Crippen LogP contribution in [0.25, 0.3) is 0 Å². The molecule has 10 atom stereocenters. The zero-order valence-corrected chi connectivity index (χ0v) is 24.2. The Kier molecular flexibility index (Phi) is 8.26. The number of hydrogen-bond donors (Lipinski definition) is 1. The highest BCUT2D eigenvalue weighted by Gasteiger charge is 2.62. The summed E-state index contributed by atoms with van der Waals surface area (Å²) in [4.78, 5) is 11.9. The molecule has 36 heavy (non-hydrogen) atoms. The van der Waals surface area contributed by atoms with E-state index in [4.69, 9.17) is 8.92 Å². The van der Waals surface area contributed by atoms with Crippen LogP contribution in [0.3, 0.4) is 0 Å². The molecule has 4 rings (SSSR count). The van der Waals surface area contributed by atoms with Crippen LogP contribution in [-0.2, 0) is 24.1 Å². The average molecular weight is 527 g/mol. The van der Waals surface area contributed by atoms with Crippen LogP contribution >= 0.6 is 0 Å². The topological polar surface area (TPSA) is 89.9 Å². The molecule has 7 heteroatoms. The molecule has 208 valence electrons. The van der Waals surface area contributed by atoms with Crippen molar-refractivity contribution in [3.8, 4) is 0 Å². The summed E-state index contributed by atoms with van der Waals surface area (Å²) < 4.78 is 43.1. The average Bonchev–Trinajstić information content (AvgIpc) is 3.10. The van der Waals surface area contributed by atoms with E-state index in [2.05, 4.69) is 34.6 Å². The highest BCUT2D eigenvalue weighted by molar-refractivity contribution is 7.80. The van der Waals surface area contributed by atoms with Crippen molar-refractivity contribution in [1.82, 2.24) is 0 Å². The second-order valence-corrected chi connectivity index (χ2v) is 14.9. The van der Waals surface area contributed by atoms with Gasteiger partial charge in [0.15, 0.2) is 0 Å². The van der Waals surface area contributed by atoms with Crippen LogP contribution in [0, 0.1) is 52.3 Å². The molecular formula is C29H50O6S. The maximum absolute atomic E-state index is 11.9. The van der Waals surface area contributed by atoms with Gasteiger partial charge in [0, 0.05) is 6.92 Å². The quantitative estimate of drug-likeness (QED) is 0.275. The fourth-order valence-electron chi connectivity index (χ4n) is 9.85. The number of carbonyl (C=O) groups is 1. The van der Waals surface area contributed by atoms with Crippen LogP contribution < -0.4 is 0 Å². The Hall–Kier alpha value is -0.660. The van der Waals surface area contributed by atoms with Crippen molar-refractivity contribution in [1.29, 1.82) is 0 Å². The second kappa shape index (κ2) is 10.5. The molecule has 1 N–H and O–H groups in total. The predicted octanol–water partition coefficient (Wildman–Crippen LogP) is 6.84. The fraction of sp³-hybridized carbons (Fsp3) is 0.966. The molecule has 0 amide bonds. The third-order valence-electron chi connectivity index (χ3n) is 11.4. The van der Waals surface area contributed by atoms with Gasteiger partial charge in [-0.2, -0.15) is 8.42 Å². The minimum absolute atomic E-state index is 0.00952. The van der Waals surface area contributed by atoms with Crippen molar-refractivity contribution in [2.24, 2.45) is 52.3 Å². The van der Waals surface area contributed by atoms with E-state index in [1.807, 2.05) is 0 Å². The molecule has 0 radical (unpaired) electrons. The number of ether oxygens (including phenoxy) is 1. The van der Waals surface area contributed by atoms with E-state index in [0.29, 0.717) is 36.0 Å². The van der Waals surface area contributed by atoms with Crippen molar-refractivity contribution in [3.63, 3.8) is 0 Å². The molecule has 3 unspecified atom stereocenters. The zero-order chi connectivity index (χ0) is 26.5. The summed E-state index contributed by atoms with van der Waals surface area (Å²) in [5, 5.41) is 0. The minimum atomic E-state index is -4.61. The molecule has 0 spiro atoms. The third kappa shape index (κ3) is 5.54. The first-order valence-corrected chi connectivity index (χ1v) is 15.9. The first kappa shape index (κ1) is 28.4. The summed E-state index contributed by atoms with van der Waals surface area (Å²) in [5.74, 6) is 4.27. The van der Waals surface area contributed by atoms with E-state index in [-0.39, 0.29) is 5.41 Å². The number of hydrogen-bond acceptors (Lipinski definition) is 5. The molecule has 0 bridgehead atoms. The van der Waals surface area contributed by atoms with E-state index in [1.54, 1.807) is 0 Å². The van der Waals surface area contributed by atoms with Crippen LogP contribution in [0.1, 0.15) is 112 Å². The molecule has 0 heterocycles. The lowest BCUT2D eigenvalue weighted by molar-refractivity contribution is -0.180. The second-order valence-electron chi connectivity index (χ2n) is 13.8. The first-order valence-electron chi connectivity index (χ1n) is 14.6. The SMILES string of the molecule is CC(=O)O[C@H]1C[C@]2(C)C3CC[C@@]4(C)C(CC[C@@H]4[C@H](C)CCCC(C)C)C3CC[C@H]2C[C@@H]1OS(=O)(=O)O. The van der Waals surface area contributed by atoms with Crippen molar-refractivity contribution in [2.75, 3.05) is 0 Å². The Labute approximate surface area is 219 Å². The van der Waals surface area contributed by atoms with Gasteiger partial charge in [0.25, 0.3) is 0 Å². The fourth-order valence-corrected chi connectivity index (χ4v) is 10.4. The Morgan fingerprint density at radius 3 is 2.31 bits per heavy atom. The molecule has 6 nitrogen and oxygen atoms in total. The van der Waals surface area contributed by atoms with Gasteiger partial charge in [0.1, 0.15) is 12.2 Å². The Balaban J connectivity index is 1.51. The monoisotopic (exact) mass is 526 g/mol. The van der Waals surface area contributed by atoms with Crippen molar-refractivity contribution >= 4 is 16.4 Å². The van der Waals surface area contributed by atoms with Crippen LogP contribution in [0.5, 0.6) is 0 Å². The lowest BCUT2D eigenvalue weighted by Crippen LogP contribution is -2.57. The lowest BCUT2D eigenvalue weighted by atomic mass is 9.44. The van der Waals surface area contributed by atoms with E-state index in [9.17, 15) is 17.8 Å². The number of carbonyl (C=O) groups excluding carboxylic acids is 1. The summed E-state index contributed by atoms with van der Waals surface area (Å²) in [6.45, 7) is 13.5. The van der Waals surface area contributed by atoms with Gasteiger partial charge in [0.05, 0.1) is 0 Å². The summed E-state index contributed by atoms with van der Waals surface area (Å²) in [5.41, 5.74) is 0.409. The van der Waals surface area contributed by atoms with Gasteiger partial charge in [-0.15, -0.1) is 0 Å². The Bertz CT molecular complexity index is 901. The molecule has 4 aliphatic carbocycles. The minimum Gasteiger partial charge on any atom is -0.460 e. The number of rotatable bonds is 8. The lowest BCUT2D eigenvalue weighted by Gasteiger charge is -2.62. The smallest absolute Gasteiger partial charge is 0.397 e. The Morgan fingerprint density at radius 1 is 0.972 bits per heavy atom. The van der Waals surface area contributed by atoms with E-state index in [0.717, 1.165) is 30.1 Å². The van der Waals surface area contributed by atoms with Crippen LogP contribution in [0.4, 0.5) is 0 Å². The number of esters is 1. The summed E-state index contributed by atoms with van der Waals surface area (Å²) in [6.07, 6.45) is 11.1. The molecule has 4 aliphatic rings. The molecule has 0 saturated heterocycles. The van der Waals surface area contributed by atoms with Crippen LogP contribution in [0.15, 0.2) is 0 Å². The van der Waals surface area contributed by atoms with E-state index < -0.39 is 28.6 Å². The highest BCUT2D eigenvalue weighted by Crippen LogP contribution is 2.68. The van der Waals surface area contributed by atoms with Gasteiger partial charge in [-0.1, -0.05) is 53.9 Å². The number of fused-ring (bicyclic) bond motifs is 5. The molecular weight excluding hydrogens is 476 g/mol. The van der Waals surface area contributed by atoms with Crippen LogP contribution in [0.2, 0.25) is 0 Å². The summed E-state index contributed by atoms with van der Waals surface area (Å²) in [7, 11) is -4.61. The summed E-state index contributed by atoms with van der Waals surface area (Å²) >= 11 is 0. The van der Waals surface area contributed by atoms with Crippen molar-refractivity contribution in [2.45, 2.75) is 124 Å².